The third-order valence-electron chi connectivity index (χ3n) is 2.82. The molecule has 20 heavy (non-hydrogen) atoms. The van der Waals surface area contributed by atoms with E-state index >= 15 is 0 Å². The SMILES string of the molecule is CCCNC(=O)CCNCc1ccc(C#N)c(OC)c1. The van der Waals surface area contributed by atoms with Crippen molar-refractivity contribution >= 4 is 5.91 Å². The van der Waals surface area contributed by atoms with Crippen molar-refractivity contribution in [3.05, 3.63) is 29.3 Å². The van der Waals surface area contributed by atoms with Crippen molar-refractivity contribution in [2.45, 2.75) is 26.3 Å². The number of carbonyl (C=O) groups excluding carboxylic acids is 1. The largest absolute Gasteiger partial charge is 0.495 e. The number of hydrogen-bond donors (Lipinski definition) is 2. The summed E-state index contributed by atoms with van der Waals surface area (Å²) in [6.45, 7) is 4.02. The molecule has 0 spiro atoms. The number of benzene rings is 1. The van der Waals surface area contributed by atoms with E-state index in [1.54, 1.807) is 13.2 Å². The molecule has 1 rings (SSSR count). The van der Waals surface area contributed by atoms with Crippen LogP contribution in [-0.4, -0.2) is 26.1 Å². The number of nitrogens with zero attached hydrogens (tertiary/aromatic N) is 1. The van der Waals surface area contributed by atoms with Crippen LogP contribution in [0.25, 0.3) is 0 Å². The minimum absolute atomic E-state index is 0.0664. The zero-order chi connectivity index (χ0) is 14.8. The average molecular weight is 275 g/mol. The Bertz CT molecular complexity index is 480. The monoisotopic (exact) mass is 275 g/mol. The molecule has 0 fully saturated rings. The summed E-state index contributed by atoms with van der Waals surface area (Å²) in [4.78, 5) is 11.4. The lowest BCUT2D eigenvalue weighted by Gasteiger charge is -2.08. The molecule has 1 aromatic rings. The molecule has 0 aromatic heterocycles. The molecule has 0 saturated carbocycles. The van der Waals surface area contributed by atoms with Crippen molar-refractivity contribution in [3.8, 4) is 11.8 Å². The van der Waals surface area contributed by atoms with E-state index in [-0.39, 0.29) is 5.91 Å². The summed E-state index contributed by atoms with van der Waals surface area (Å²) in [5.41, 5.74) is 1.55. The van der Waals surface area contributed by atoms with Gasteiger partial charge in [-0.15, -0.1) is 0 Å². The van der Waals surface area contributed by atoms with E-state index in [2.05, 4.69) is 16.7 Å². The number of ether oxygens (including phenoxy) is 1. The molecule has 108 valence electrons. The lowest BCUT2D eigenvalue weighted by Crippen LogP contribution is -2.28. The number of hydrogen-bond acceptors (Lipinski definition) is 4. The van der Waals surface area contributed by atoms with Gasteiger partial charge in [0.05, 0.1) is 12.7 Å². The number of rotatable bonds is 8. The van der Waals surface area contributed by atoms with Gasteiger partial charge in [-0.25, -0.2) is 0 Å². The molecule has 0 radical (unpaired) electrons. The number of nitrogens with one attached hydrogen (secondary N) is 2. The van der Waals surface area contributed by atoms with Crippen LogP contribution in [0.2, 0.25) is 0 Å². The highest BCUT2D eigenvalue weighted by atomic mass is 16.5. The van der Waals surface area contributed by atoms with E-state index in [0.717, 1.165) is 18.5 Å². The van der Waals surface area contributed by atoms with Gasteiger partial charge in [-0.1, -0.05) is 13.0 Å². The van der Waals surface area contributed by atoms with Crippen LogP contribution >= 0.6 is 0 Å². The molecule has 0 aliphatic rings. The Morgan fingerprint density at radius 2 is 2.20 bits per heavy atom. The molecule has 5 nitrogen and oxygen atoms in total. The molecule has 0 aliphatic carbocycles. The Balaban J connectivity index is 2.36. The third-order valence-corrected chi connectivity index (χ3v) is 2.82. The van der Waals surface area contributed by atoms with Gasteiger partial charge in [0.2, 0.25) is 5.91 Å². The molecular formula is C15H21N3O2. The summed E-state index contributed by atoms with van der Waals surface area (Å²) < 4.78 is 5.15. The Morgan fingerprint density at radius 3 is 2.85 bits per heavy atom. The summed E-state index contributed by atoms with van der Waals surface area (Å²) in [5, 5.41) is 14.9. The smallest absolute Gasteiger partial charge is 0.221 e. The molecule has 5 heteroatoms. The van der Waals surface area contributed by atoms with Crippen molar-refractivity contribution in [1.82, 2.24) is 10.6 Å². The highest BCUT2D eigenvalue weighted by Gasteiger charge is 2.04. The van der Waals surface area contributed by atoms with Gasteiger partial charge >= 0.3 is 0 Å². The zero-order valence-electron chi connectivity index (χ0n) is 12.0. The normalized spacial score (nSPS) is 9.85. The first-order chi connectivity index (χ1) is 9.71. The molecular weight excluding hydrogens is 254 g/mol. The van der Waals surface area contributed by atoms with Crippen LogP contribution in [0.15, 0.2) is 18.2 Å². The van der Waals surface area contributed by atoms with Crippen LogP contribution in [0.1, 0.15) is 30.9 Å². The summed E-state index contributed by atoms with van der Waals surface area (Å²) in [6, 6.07) is 7.53. The van der Waals surface area contributed by atoms with E-state index in [4.69, 9.17) is 10.00 Å². The highest BCUT2D eigenvalue weighted by Crippen LogP contribution is 2.18. The highest BCUT2D eigenvalue weighted by molar-refractivity contribution is 5.75. The predicted molar refractivity (Wildman–Crippen MR) is 77.3 cm³/mol. The van der Waals surface area contributed by atoms with Crippen LogP contribution in [0.3, 0.4) is 0 Å². The Kier molecular flexibility index (Phi) is 7.15. The van der Waals surface area contributed by atoms with E-state index < -0.39 is 0 Å². The summed E-state index contributed by atoms with van der Waals surface area (Å²) in [5.74, 6) is 0.643. The second-order valence-electron chi connectivity index (χ2n) is 4.42. The van der Waals surface area contributed by atoms with Gasteiger partial charge in [-0.05, 0) is 24.1 Å². The van der Waals surface area contributed by atoms with Gasteiger partial charge in [0.25, 0.3) is 0 Å². The van der Waals surface area contributed by atoms with E-state index in [1.165, 1.54) is 0 Å². The third kappa shape index (κ3) is 5.29. The fourth-order valence-corrected chi connectivity index (χ4v) is 1.73. The fourth-order valence-electron chi connectivity index (χ4n) is 1.73. The molecule has 0 bridgehead atoms. The standard InChI is InChI=1S/C15H21N3O2/c1-3-7-18-15(19)6-8-17-11-12-4-5-13(10-16)14(9-12)20-2/h4-5,9,17H,3,6-8,11H2,1-2H3,(H,18,19). The topological polar surface area (TPSA) is 74.2 Å². The molecule has 0 saturated heterocycles. The molecule has 0 heterocycles. The first kappa shape index (κ1) is 16.0. The van der Waals surface area contributed by atoms with Crippen LogP contribution in [0.5, 0.6) is 5.75 Å². The predicted octanol–water partition coefficient (Wildman–Crippen LogP) is 1.57. The van der Waals surface area contributed by atoms with Gasteiger partial charge in [0, 0.05) is 26.1 Å². The number of nitriles is 1. The quantitative estimate of drug-likeness (QED) is 0.706. The molecule has 2 N–H and O–H groups in total. The fraction of sp³-hybridized carbons (Fsp3) is 0.467. The molecule has 1 amide bonds. The number of amides is 1. The maximum atomic E-state index is 11.4. The van der Waals surface area contributed by atoms with Crippen molar-refractivity contribution < 1.29 is 9.53 Å². The lowest BCUT2D eigenvalue weighted by molar-refractivity contribution is -0.120. The van der Waals surface area contributed by atoms with Crippen molar-refractivity contribution in [2.75, 3.05) is 20.2 Å². The van der Waals surface area contributed by atoms with Gasteiger partial charge < -0.3 is 15.4 Å². The Morgan fingerprint density at radius 1 is 1.40 bits per heavy atom. The second kappa shape index (κ2) is 8.94. The average Bonchev–Trinajstić information content (AvgIpc) is 2.49. The number of carbonyl (C=O) groups is 1. The minimum Gasteiger partial charge on any atom is -0.495 e. The van der Waals surface area contributed by atoms with E-state index in [9.17, 15) is 4.79 Å². The van der Waals surface area contributed by atoms with Crippen LogP contribution in [0, 0.1) is 11.3 Å². The maximum Gasteiger partial charge on any atom is 0.221 e. The zero-order valence-corrected chi connectivity index (χ0v) is 12.0. The van der Waals surface area contributed by atoms with Gasteiger partial charge in [0.1, 0.15) is 11.8 Å². The molecule has 0 unspecified atom stereocenters. The Labute approximate surface area is 119 Å². The van der Waals surface area contributed by atoms with E-state index in [1.807, 2.05) is 19.1 Å². The Hall–Kier alpha value is -2.06. The summed E-state index contributed by atoms with van der Waals surface area (Å²) >= 11 is 0. The minimum atomic E-state index is 0.0664. The molecule has 1 aromatic carbocycles. The van der Waals surface area contributed by atoms with Crippen molar-refractivity contribution in [3.63, 3.8) is 0 Å². The molecule has 0 aliphatic heterocycles. The van der Waals surface area contributed by atoms with Crippen molar-refractivity contribution in [2.24, 2.45) is 0 Å². The summed E-state index contributed by atoms with van der Waals surface area (Å²) in [6.07, 6.45) is 1.41. The van der Waals surface area contributed by atoms with Gasteiger partial charge in [0.15, 0.2) is 0 Å². The van der Waals surface area contributed by atoms with Crippen LogP contribution < -0.4 is 15.4 Å². The van der Waals surface area contributed by atoms with E-state index in [0.29, 0.717) is 30.8 Å². The first-order valence-corrected chi connectivity index (χ1v) is 6.75. The molecule has 0 atom stereocenters. The van der Waals surface area contributed by atoms with Crippen LogP contribution in [-0.2, 0) is 11.3 Å². The summed E-state index contributed by atoms with van der Waals surface area (Å²) in [7, 11) is 1.55. The van der Waals surface area contributed by atoms with Crippen molar-refractivity contribution in [1.29, 1.82) is 5.26 Å². The first-order valence-electron chi connectivity index (χ1n) is 6.75. The second-order valence-corrected chi connectivity index (χ2v) is 4.42. The van der Waals surface area contributed by atoms with Crippen LogP contribution in [0.4, 0.5) is 0 Å². The maximum absolute atomic E-state index is 11.4. The van der Waals surface area contributed by atoms with Gasteiger partial charge in [-0.2, -0.15) is 5.26 Å². The lowest BCUT2D eigenvalue weighted by atomic mass is 10.1. The van der Waals surface area contributed by atoms with Gasteiger partial charge in [-0.3, -0.25) is 4.79 Å². The number of methoxy groups -OCH3 is 1.